The Balaban J connectivity index is 0.000000433. The second-order valence-corrected chi connectivity index (χ2v) is 5.18. The molecule has 1 aromatic carbocycles. The molecule has 132 valence electrons. The monoisotopic (exact) mass is 331 g/mol. The molecule has 0 aromatic heterocycles. The molecule has 0 heterocycles. The quantitative estimate of drug-likeness (QED) is 0.304. The van der Waals surface area contributed by atoms with Crippen LogP contribution in [0.5, 0.6) is 0 Å². The zero-order valence-electron chi connectivity index (χ0n) is 12.9. The van der Waals surface area contributed by atoms with Crippen LogP contribution in [0.4, 0.5) is 0 Å². The van der Waals surface area contributed by atoms with Gasteiger partial charge in [0.1, 0.15) is 18.3 Å². The predicted molar refractivity (Wildman–Crippen MR) is 82.5 cm³/mol. The van der Waals surface area contributed by atoms with Gasteiger partial charge < -0.3 is 36.4 Å². The number of carboxylic acid groups (broad SMARTS) is 1. The minimum atomic E-state index is -2.20. The second kappa shape index (κ2) is 11.1. The van der Waals surface area contributed by atoms with Crippen LogP contribution in [0.15, 0.2) is 30.3 Å². The number of aliphatic hydroxyl groups excluding tert-OH is 5. The number of aliphatic hydroxyl groups is 5. The summed E-state index contributed by atoms with van der Waals surface area (Å²) >= 11 is 0. The molecule has 1 aromatic rings. The third-order valence-electron chi connectivity index (χ3n) is 2.91. The van der Waals surface area contributed by atoms with E-state index in [0.717, 1.165) is 6.42 Å². The lowest BCUT2D eigenvalue weighted by atomic mass is 10.0. The molecule has 0 fully saturated rings. The Hall–Kier alpha value is -1.55. The van der Waals surface area contributed by atoms with Crippen LogP contribution in [0.1, 0.15) is 12.5 Å². The molecule has 0 aliphatic heterocycles. The summed E-state index contributed by atoms with van der Waals surface area (Å²) < 4.78 is 0. The Morgan fingerprint density at radius 1 is 1.09 bits per heavy atom. The molecule has 0 saturated heterocycles. The number of benzene rings is 1. The van der Waals surface area contributed by atoms with Crippen LogP contribution >= 0.6 is 0 Å². The van der Waals surface area contributed by atoms with Gasteiger partial charge in [0.2, 0.25) is 0 Å². The lowest BCUT2D eigenvalue weighted by Crippen LogP contribution is -2.48. The normalized spacial score (nSPS) is 17.2. The third-order valence-corrected chi connectivity index (χ3v) is 2.91. The van der Waals surface area contributed by atoms with Crippen molar-refractivity contribution in [1.82, 2.24) is 0 Å². The van der Waals surface area contributed by atoms with Crippen LogP contribution in [0.25, 0.3) is 0 Å². The van der Waals surface area contributed by atoms with E-state index >= 15 is 0 Å². The summed E-state index contributed by atoms with van der Waals surface area (Å²) in [5, 5.41) is 51.8. The summed E-state index contributed by atoms with van der Waals surface area (Å²) in [7, 11) is 0. The van der Waals surface area contributed by atoms with E-state index in [1.165, 1.54) is 5.56 Å². The van der Waals surface area contributed by atoms with Gasteiger partial charge in [0, 0.05) is 6.04 Å². The number of carbonyl (C=O) groups is 1. The molecule has 0 spiro atoms. The fraction of sp³-hybridized carbons (Fsp3) is 0.533. The van der Waals surface area contributed by atoms with Crippen LogP contribution < -0.4 is 5.73 Å². The predicted octanol–water partition coefficient (Wildman–Crippen LogP) is -1.92. The highest BCUT2D eigenvalue weighted by atomic mass is 16.4. The molecule has 8 heteroatoms. The first-order valence-corrected chi connectivity index (χ1v) is 7.06. The number of aliphatic carboxylic acids is 1. The van der Waals surface area contributed by atoms with Crippen LogP contribution in [-0.4, -0.2) is 73.7 Å². The number of hydrogen-bond donors (Lipinski definition) is 7. The minimum Gasteiger partial charge on any atom is -0.479 e. The van der Waals surface area contributed by atoms with Crippen molar-refractivity contribution in [1.29, 1.82) is 0 Å². The van der Waals surface area contributed by atoms with E-state index in [4.69, 9.17) is 36.4 Å². The van der Waals surface area contributed by atoms with Crippen molar-refractivity contribution < 1.29 is 35.4 Å². The van der Waals surface area contributed by atoms with Crippen molar-refractivity contribution in [3.05, 3.63) is 35.9 Å². The first-order valence-electron chi connectivity index (χ1n) is 7.06. The van der Waals surface area contributed by atoms with E-state index in [-0.39, 0.29) is 6.04 Å². The van der Waals surface area contributed by atoms with Gasteiger partial charge in [-0.2, -0.15) is 0 Å². The lowest BCUT2D eigenvalue weighted by Gasteiger charge is -2.23. The molecule has 5 atom stereocenters. The molecular weight excluding hydrogens is 306 g/mol. The highest BCUT2D eigenvalue weighted by Gasteiger charge is 2.33. The Labute approximate surface area is 134 Å². The first-order chi connectivity index (χ1) is 10.7. The van der Waals surface area contributed by atoms with Crippen molar-refractivity contribution in [2.24, 2.45) is 5.73 Å². The second-order valence-electron chi connectivity index (χ2n) is 5.18. The van der Waals surface area contributed by atoms with Gasteiger partial charge in [-0.05, 0) is 18.9 Å². The van der Waals surface area contributed by atoms with E-state index in [1.807, 2.05) is 25.1 Å². The lowest BCUT2D eigenvalue weighted by molar-refractivity contribution is -0.164. The zero-order valence-corrected chi connectivity index (χ0v) is 12.9. The summed E-state index contributed by atoms with van der Waals surface area (Å²) in [4.78, 5) is 10.1. The van der Waals surface area contributed by atoms with Crippen LogP contribution in [0.2, 0.25) is 0 Å². The maximum absolute atomic E-state index is 10.1. The Morgan fingerprint density at radius 3 is 2.00 bits per heavy atom. The largest absolute Gasteiger partial charge is 0.479 e. The SMILES string of the molecule is CC(N)Cc1ccccc1.O=C(O)C(O)C(O)C(O)C(O)CO. The fourth-order valence-electron chi connectivity index (χ4n) is 1.65. The summed E-state index contributed by atoms with van der Waals surface area (Å²) in [6.45, 7) is 1.18. The third kappa shape index (κ3) is 8.60. The number of hydrogen-bond acceptors (Lipinski definition) is 7. The summed E-state index contributed by atoms with van der Waals surface area (Å²) in [5.74, 6) is -1.73. The molecule has 0 bridgehead atoms. The molecule has 8 nitrogen and oxygen atoms in total. The molecular formula is C15H25NO7. The molecule has 1 rings (SSSR count). The van der Waals surface area contributed by atoms with E-state index in [1.54, 1.807) is 0 Å². The Bertz CT molecular complexity index is 441. The van der Waals surface area contributed by atoms with Crippen molar-refractivity contribution >= 4 is 5.97 Å². The molecule has 0 amide bonds. The van der Waals surface area contributed by atoms with Gasteiger partial charge in [-0.3, -0.25) is 0 Å². The highest BCUT2D eigenvalue weighted by molar-refractivity contribution is 5.72. The van der Waals surface area contributed by atoms with Gasteiger partial charge >= 0.3 is 5.97 Å². The maximum atomic E-state index is 10.1. The zero-order chi connectivity index (χ0) is 18.0. The summed E-state index contributed by atoms with van der Waals surface area (Å²) in [5.41, 5.74) is 6.94. The van der Waals surface area contributed by atoms with Crippen molar-refractivity contribution in [2.75, 3.05) is 6.61 Å². The Kier molecular flexibility index (Phi) is 10.3. The molecule has 8 N–H and O–H groups in total. The van der Waals surface area contributed by atoms with Gasteiger partial charge in [-0.25, -0.2) is 4.79 Å². The minimum absolute atomic E-state index is 0.266. The van der Waals surface area contributed by atoms with Crippen LogP contribution in [0.3, 0.4) is 0 Å². The molecule has 5 unspecified atom stereocenters. The summed E-state index contributed by atoms with van der Waals surface area (Å²) in [6.07, 6.45) is -6.86. The number of rotatable bonds is 7. The molecule has 0 saturated carbocycles. The van der Waals surface area contributed by atoms with Crippen LogP contribution in [0, 0.1) is 0 Å². The Morgan fingerprint density at radius 2 is 1.61 bits per heavy atom. The van der Waals surface area contributed by atoms with Gasteiger partial charge in [-0.15, -0.1) is 0 Å². The smallest absolute Gasteiger partial charge is 0.335 e. The van der Waals surface area contributed by atoms with E-state index < -0.39 is 37.0 Å². The van der Waals surface area contributed by atoms with Crippen LogP contribution in [-0.2, 0) is 11.2 Å². The summed E-state index contributed by atoms with van der Waals surface area (Å²) in [6, 6.07) is 10.6. The average Bonchev–Trinajstić information content (AvgIpc) is 2.52. The van der Waals surface area contributed by atoms with Gasteiger partial charge in [0.25, 0.3) is 0 Å². The highest BCUT2D eigenvalue weighted by Crippen LogP contribution is 2.04. The van der Waals surface area contributed by atoms with Crippen molar-refractivity contribution in [3.63, 3.8) is 0 Å². The van der Waals surface area contributed by atoms with Crippen molar-refractivity contribution in [2.45, 2.75) is 43.8 Å². The van der Waals surface area contributed by atoms with Crippen molar-refractivity contribution in [3.8, 4) is 0 Å². The average molecular weight is 331 g/mol. The molecule has 0 aliphatic rings. The van der Waals surface area contributed by atoms with E-state index in [2.05, 4.69) is 12.1 Å². The number of carboxylic acids is 1. The molecule has 0 radical (unpaired) electrons. The fourth-order valence-corrected chi connectivity index (χ4v) is 1.65. The molecule has 0 aliphatic carbocycles. The topological polar surface area (TPSA) is 164 Å². The van der Waals surface area contributed by atoms with E-state index in [0.29, 0.717) is 0 Å². The van der Waals surface area contributed by atoms with E-state index in [9.17, 15) is 4.79 Å². The first kappa shape index (κ1) is 21.4. The maximum Gasteiger partial charge on any atom is 0.335 e. The standard InChI is InChI=1S/C9H13N.C6H12O7/c1-8(10)7-9-5-3-2-4-6-9;7-1-2(8)3(9)4(10)5(11)6(12)13/h2-6,8H,7,10H2,1H3;2-5,7-11H,1H2,(H,12,13). The van der Waals surface area contributed by atoms with Gasteiger partial charge in [0.15, 0.2) is 6.10 Å². The van der Waals surface area contributed by atoms with Gasteiger partial charge in [0.05, 0.1) is 6.61 Å². The number of nitrogens with two attached hydrogens (primary N) is 1. The van der Waals surface area contributed by atoms with Gasteiger partial charge in [-0.1, -0.05) is 30.3 Å². The molecule has 23 heavy (non-hydrogen) atoms.